The number of methoxy groups -OCH3 is 1. The molecule has 0 aliphatic heterocycles. The van der Waals surface area contributed by atoms with Gasteiger partial charge in [0.1, 0.15) is 12.3 Å². The number of aromatic nitrogens is 3. The third kappa shape index (κ3) is 4.75. The molecule has 0 atom stereocenters. The van der Waals surface area contributed by atoms with Crippen molar-refractivity contribution in [3.63, 3.8) is 0 Å². The number of ether oxygens (including phenoxy) is 1. The van der Waals surface area contributed by atoms with Crippen molar-refractivity contribution < 1.29 is 4.74 Å². The molecule has 0 radical (unpaired) electrons. The summed E-state index contributed by atoms with van der Waals surface area (Å²) >= 11 is 0. The highest BCUT2D eigenvalue weighted by Crippen LogP contribution is 2.19. The molecule has 7 nitrogen and oxygen atoms in total. The highest BCUT2D eigenvalue weighted by molar-refractivity contribution is 5.79. The smallest absolute Gasteiger partial charge is 0.191 e. The van der Waals surface area contributed by atoms with E-state index in [1.165, 1.54) is 5.56 Å². The van der Waals surface area contributed by atoms with E-state index in [2.05, 4.69) is 50.9 Å². The molecule has 1 aromatic carbocycles. The van der Waals surface area contributed by atoms with Gasteiger partial charge >= 0.3 is 0 Å². The predicted molar refractivity (Wildman–Crippen MR) is 107 cm³/mol. The first-order chi connectivity index (χ1) is 13.2. The summed E-state index contributed by atoms with van der Waals surface area (Å²) in [5.41, 5.74) is 3.20. The van der Waals surface area contributed by atoms with Gasteiger partial charge in [0.15, 0.2) is 17.4 Å². The summed E-state index contributed by atoms with van der Waals surface area (Å²) in [4.78, 5) is 4.63. The molecule has 0 amide bonds. The number of rotatable bonds is 7. The maximum atomic E-state index is 5.40. The first-order valence-corrected chi connectivity index (χ1v) is 9.15. The summed E-state index contributed by atoms with van der Waals surface area (Å²) in [7, 11) is 1.70. The van der Waals surface area contributed by atoms with E-state index in [0.717, 1.165) is 48.3 Å². The standard InChI is InChI=1S/C20H26N6O/c1-4-21-20(22-11-10-16-9-8-15(2)17(13-16)27-3)23-14-19-25-24-18-7-5-6-12-26(18)19/h5-9,12-13H,4,10-11,14H2,1-3H3,(H2,21,22,23). The molecule has 2 heterocycles. The lowest BCUT2D eigenvalue weighted by Gasteiger charge is -2.12. The molecule has 3 aromatic rings. The Balaban J connectivity index is 1.61. The molecule has 142 valence electrons. The van der Waals surface area contributed by atoms with Gasteiger partial charge in [-0.3, -0.25) is 4.40 Å². The van der Waals surface area contributed by atoms with Gasteiger partial charge in [0.2, 0.25) is 0 Å². The number of hydrogen-bond donors (Lipinski definition) is 2. The largest absolute Gasteiger partial charge is 0.496 e. The summed E-state index contributed by atoms with van der Waals surface area (Å²) in [5.74, 6) is 2.50. The van der Waals surface area contributed by atoms with Crippen molar-refractivity contribution >= 4 is 11.6 Å². The predicted octanol–water partition coefficient (Wildman–Crippen LogP) is 2.34. The third-order valence-corrected chi connectivity index (χ3v) is 4.29. The van der Waals surface area contributed by atoms with Crippen LogP contribution < -0.4 is 15.4 Å². The Labute approximate surface area is 159 Å². The second-order valence-electron chi connectivity index (χ2n) is 6.22. The van der Waals surface area contributed by atoms with Crippen LogP contribution in [0.3, 0.4) is 0 Å². The maximum Gasteiger partial charge on any atom is 0.191 e. The van der Waals surface area contributed by atoms with Crippen LogP contribution >= 0.6 is 0 Å². The van der Waals surface area contributed by atoms with Crippen molar-refractivity contribution in [2.45, 2.75) is 26.8 Å². The molecule has 27 heavy (non-hydrogen) atoms. The molecule has 3 rings (SSSR count). The molecule has 2 N–H and O–H groups in total. The summed E-state index contributed by atoms with van der Waals surface area (Å²) in [6.45, 7) is 6.13. The Hall–Kier alpha value is -3.09. The fourth-order valence-corrected chi connectivity index (χ4v) is 2.84. The molecule has 0 aliphatic rings. The summed E-state index contributed by atoms with van der Waals surface area (Å²) in [6.07, 6.45) is 2.83. The summed E-state index contributed by atoms with van der Waals surface area (Å²) in [6, 6.07) is 12.1. The molecular weight excluding hydrogens is 340 g/mol. The lowest BCUT2D eigenvalue weighted by atomic mass is 10.1. The molecule has 2 aromatic heterocycles. The van der Waals surface area contributed by atoms with Crippen molar-refractivity contribution in [2.24, 2.45) is 4.99 Å². The molecule has 0 bridgehead atoms. The van der Waals surface area contributed by atoms with Gasteiger partial charge in [0, 0.05) is 19.3 Å². The van der Waals surface area contributed by atoms with E-state index in [4.69, 9.17) is 4.74 Å². The number of nitrogens with one attached hydrogen (secondary N) is 2. The monoisotopic (exact) mass is 366 g/mol. The second-order valence-corrected chi connectivity index (χ2v) is 6.22. The maximum absolute atomic E-state index is 5.40. The molecule has 0 aliphatic carbocycles. The van der Waals surface area contributed by atoms with Gasteiger partial charge in [-0.15, -0.1) is 10.2 Å². The van der Waals surface area contributed by atoms with Crippen LogP contribution in [0.2, 0.25) is 0 Å². The Kier molecular flexibility index (Phi) is 6.25. The first-order valence-electron chi connectivity index (χ1n) is 9.15. The lowest BCUT2D eigenvalue weighted by Crippen LogP contribution is -2.38. The van der Waals surface area contributed by atoms with Crippen LogP contribution in [0.1, 0.15) is 23.9 Å². The number of guanidine groups is 1. The van der Waals surface area contributed by atoms with Crippen molar-refractivity contribution in [1.29, 1.82) is 0 Å². The minimum absolute atomic E-state index is 0.457. The van der Waals surface area contributed by atoms with Gasteiger partial charge in [-0.1, -0.05) is 18.2 Å². The van der Waals surface area contributed by atoms with Crippen molar-refractivity contribution in [1.82, 2.24) is 25.2 Å². The SMILES string of the molecule is CCNC(=NCc1nnc2ccccn12)NCCc1ccc(C)c(OC)c1. The van der Waals surface area contributed by atoms with Crippen molar-refractivity contribution in [3.05, 3.63) is 59.5 Å². The molecule has 0 saturated heterocycles. The van der Waals surface area contributed by atoms with Crippen LogP contribution in [0.15, 0.2) is 47.6 Å². The molecule has 0 fully saturated rings. The van der Waals surface area contributed by atoms with E-state index in [9.17, 15) is 0 Å². The molecule has 0 saturated carbocycles. The summed E-state index contributed by atoms with van der Waals surface area (Å²) < 4.78 is 7.35. The van der Waals surface area contributed by atoms with Crippen LogP contribution in [0.25, 0.3) is 5.65 Å². The highest BCUT2D eigenvalue weighted by atomic mass is 16.5. The lowest BCUT2D eigenvalue weighted by molar-refractivity contribution is 0.411. The number of aryl methyl sites for hydroxylation is 1. The average molecular weight is 366 g/mol. The van der Waals surface area contributed by atoms with Crippen molar-refractivity contribution in [2.75, 3.05) is 20.2 Å². The number of nitrogens with zero attached hydrogens (tertiary/aromatic N) is 4. The Morgan fingerprint density at radius 3 is 2.89 bits per heavy atom. The number of aliphatic imine (C=N–C) groups is 1. The minimum atomic E-state index is 0.457. The fraction of sp³-hybridized carbons (Fsp3) is 0.350. The zero-order chi connectivity index (χ0) is 19.1. The number of fused-ring (bicyclic) bond motifs is 1. The average Bonchev–Trinajstić information content (AvgIpc) is 3.10. The summed E-state index contributed by atoms with van der Waals surface area (Å²) in [5, 5.41) is 15.0. The van der Waals surface area contributed by atoms with Crippen LogP contribution in [0.4, 0.5) is 0 Å². The van der Waals surface area contributed by atoms with Crippen LogP contribution in [0.5, 0.6) is 5.75 Å². The van der Waals surface area contributed by atoms with E-state index in [0.29, 0.717) is 6.54 Å². The quantitative estimate of drug-likeness (QED) is 0.496. The topological polar surface area (TPSA) is 75.8 Å². The van der Waals surface area contributed by atoms with Crippen LogP contribution in [0, 0.1) is 6.92 Å². The van der Waals surface area contributed by atoms with Gasteiger partial charge in [0.05, 0.1) is 7.11 Å². The number of benzene rings is 1. The Morgan fingerprint density at radius 1 is 1.19 bits per heavy atom. The molecule has 0 unspecified atom stereocenters. The normalized spacial score (nSPS) is 11.6. The van der Waals surface area contributed by atoms with Crippen LogP contribution in [-0.4, -0.2) is 40.8 Å². The van der Waals surface area contributed by atoms with E-state index >= 15 is 0 Å². The van der Waals surface area contributed by atoms with Gasteiger partial charge in [-0.2, -0.15) is 0 Å². The van der Waals surface area contributed by atoms with Gasteiger partial charge in [-0.25, -0.2) is 4.99 Å². The van der Waals surface area contributed by atoms with Crippen LogP contribution in [-0.2, 0) is 13.0 Å². The Morgan fingerprint density at radius 2 is 2.07 bits per heavy atom. The number of hydrogen-bond acceptors (Lipinski definition) is 4. The first kappa shape index (κ1) is 18.7. The van der Waals surface area contributed by atoms with Gasteiger partial charge in [0.25, 0.3) is 0 Å². The molecular formula is C20H26N6O. The van der Waals surface area contributed by atoms with E-state index in [1.54, 1.807) is 7.11 Å². The zero-order valence-corrected chi connectivity index (χ0v) is 16.1. The van der Waals surface area contributed by atoms with Gasteiger partial charge < -0.3 is 15.4 Å². The number of pyridine rings is 1. The highest BCUT2D eigenvalue weighted by Gasteiger charge is 2.05. The van der Waals surface area contributed by atoms with E-state index < -0.39 is 0 Å². The molecule has 0 spiro atoms. The van der Waals surface area contributed by atoms with E-state index in [1.807, 2.05) is 35.7 Å². The fourth-order valence-electron chi connectivity index (χ4n) is 2.84. The minimum Gasteiger partial charge on any atom is -0.496 e. The third-order valence-electron chi connectivity index (χ3n) is 4.29. The van der Waals surface area contributed by atoms with Crippen molar-refractivity contribution in [3.8, 4) is 5.75 Å². The Bertz CT molecular complexity index is 918. The van der Waals surface area contributed by atoms with Gasteiger partial charge in [-0.05, 0) is 49.6 Å². The van der Waals surface area contributed by atoms with E-state index in [-0.39, 0.29) is 0 Å². The second kappa shape index (κ2) is 9.02. The molecule has 7 heteroatoms. The zero-order valence-electron chi connectivity index (χ0n) is 16.1.